The molecule has 0 bridgehead atoms. The molecule has 0 radical (unpaired) electrons. The van der Waals surface area contributed by atoms with Crippen molar-refractivity contribution in [3.05, 3.63) is 0 Å². The minimum Gasteiger partial charge on any atom is -0.449 e. The largest absolute Gasteiger partial charge is 0.449 e. The molecule has 0 heterocycles. The van der Waals surface area contributed by atoms with E-state index < -0.39 is 11.8 Å². The van der Waals surface area contributed by atoms with Gasteiger partial charge in [0, 0.05) is 7.10 Å². The molecule has 0 aliphatic rings. The first-order valence-corrected chi connectivity index (χ1v) is 2.17. The van der Waals surface area contributed by atoms with Crippen LogP contribution in [0.15, 0.2) is 0 Å². The van der Waals surface area contributed by atoms with Gasteiger partial charge in [0.15, 0.2) is 0 Å². The fourth-order valence-electron chi connectivity index (χ4n) is 0.119. The summed E-state index contributed by atoms with van der Waals surface area (Å²) in [5.41, 5.74) is 3.87. The van der Waals surface area contributed by atoms with Crippen LogP contribution in [0.4, 0.5) is 4.79 Å². The predicted molar refractivity (Wildman–Crippen MR) is 29.4 cm³/mol. The molecule has 0 aliphatic heterocycles. The normalized spacial score (nSPS) is 14.7. The Kier molecular flexibility index (Phi) is 2.59. The zero-order chi connectivity index (χ0) is 6.57. The van der Waals surface area contributed by atoms with Gasteiger partial charge in [0.1, 0.15) is 6.61 Å². The average molecular weight is 122 g/mol. The molecule has 1 unspecified atom stereocenters. The first-order valence-electron chi connectivity index (χ1n) is 2.23. The molecule has 0 rings (SSSR count). The van der Waals surface area contributed by atoms with Crippen LogP contribution >= 0.6 is 12.6 Å². The second-order valence-electron chi connectivity index (χ2n) is 0.813. The summed E-state index contributed by atoms with van der Waals surface area (Å²) in [6.45, 7) is -0.0571. The Hall–Kier alpha value is -0.380. The molecule has 0 aromatic rings. The smallest absolute Gasteiger partial charge is 0.404 e. The summed E-state index contributed by atoms with van der Waals surface area (Å²) < 4.78 is 10.9. The van der Waals surface area contributed by atoms with Crippen LogP contribution in [0.5, 0.6) is 0 Å². The van der Waals surface area contributed by atoms with Gasteiger partial charge in [0.25, 0.3) is 0 Å². The molecule has 0 saturated heterocycles. The van der Waals surface area contributed by atoms with Gasteiger partial charge in [-0.3, -0.25) is 0 Å². The van der Waals surface area contributed by atoms with E-state index in [1.807, 2.05) is 0 Å². The zero-order valence-electron chi connectivity index (χ0n) is 4.63. The Morgan fingerprint density at radius 3 is 2.86 bits per heavy atom. The lowest BCUT2D eigenvalue weighted by Crippen LogP contribution is -2.14. The van der Waals surface area contributed by atoms with Gasteiger partial charge in [0.2, 0.25) is 0 Å². The highest BCUT2D eigenvalue weighted by molar-refractivity contribution is 7.80. The highest BCUT2D eigenvalue weighted by Crippen LogP contribution is 1.75. The van der Waals surface area contributed by atoms with Crippen LogP contribution < -0.4 is 5.73 Å². The fraction of sp³-hybridized carbons (Fsp3) is 0.667. The van der Waals surface area contributed by atoms with Crippen molar-refractivity contribution in [3.63, 3.8) is 0 Å². The van der Waals surface area contributed by atoms with Crippen LogP contribution in [0.1, 0.15) is 1.37 Å². The quantitative estimate of drug-likeness (QED) is 0.507. The van der Waals surface area contributed by atoms with Crippen molar-refractivity contribution in [1.29, 1.82) is 0 Å². The summed E-state index contributed by atoms with van der Waals surface area (Å²) in [6.07, 6.45) is -0.865. The summed E-state index contributed by atoms with van der Waals surface area (Å²) in [4.78, 5) is 9.79. The van der Waals surface area contributed by atoms with Gasteiger partial charge >= 0.3 is 6.09 Å². The third-order valence-corrected chi connectivity index (χ3v) is 0.449. The Balaban J connectivity index is 3.05. The molecule has 3 nitrogen and oxygen atoms in total. The first kappa shape index (κ1) is 4.77. The summed E-state index contributed by atoms with van der Waals surface area (Å²) in [7, 11) is 0. The number of primary amides is 1. The lowest BCUT2D eigenvalue weighted by Gasteiger charge is -1.93. The number of thiol groups is 1. The highest BCUT2D eigenvalue weighted by Gasteiger charge is 1.86. The monoisotopic (exact) mass is 122 g/mol. The number of hydrogen-bond acceptors (Lipinski definition) is 3. The number of carbonyl (C=O) groups is 1. The molecule has 0 aromatic carbocycles. The molecular weight excluding hydrogens is 114 g/mol. The Labute approximate surface area is 48.6 Å². The number of nitrogens with two attached hydrogens (primary N) is 1. The summed E-state index contributed by atoms with van der Waals surface area (Å²) >= 11 is 3.61. The molecule has 1 atom stereocenters. The van der Waals surface area contributed by atoms with E-state index in [4.69, 9.17) is 1.37 Å². The van der Waals surface area contributed by atoms with Crippen molar-refractivity contribution in [2.75, 3.05) is 12.3 Å². The van der Waals surface area contributed by atoms with Crippen molar-refractivity contribution >= 4 is 18.7 Å². The maximum absolute atomic E-state index is 9.79. The maximum atomic E-state index is 9.79. The summed E-state index contributed by atoms with van der Waals surface area (Å²) in [5, 5.41) is 0. The Morgan fingerprint density at radius 1 is 2.14 bits per heavy atom. The third-order valence-electron chi connectivity index (χ3n) is 0.300. The zero-order valence-corrected chi connectivity index (χ0v) is 4.52. The van der Waals surface area contributed by atoms with Gasteiger partial charge in [-0.2, -0.15) is 12.6 Å². The van der Waals surface area contributed by atoms with Gasteiger partial charge in [-0.15, -0.1) is 0 Å². The van der Waals surface area contributed by atoms with Crippen LogP contribution in [0.25, 0.3) is 0 Å². The minimum absolute atomic E-state index is 0.0571. The molecule has 7 heavy (non-hydrogen) atoms. The van der Waals surface area contributed by atoms with E-state index in [2.05, 4.69) is 23.1 Å². The number of ether oxygens (including phenoxy) is 1. The minimum atomic E-state index is -0.865. The molecule has 42 valence electrons. The van der Waals surface area contributed by atoms with Crippen LogP contribution in [0, 0.1) is 0 Å². The van der Waals surface area contributed by atoms with Crippen LogP contribution in [-0.4, -0.2) is 18.4 Å². The van der Waals surface area contributed by atoms with Crippen LogP contribution in [0.3, 0.4) is 0 Å². The van der Waals surface area contributed by atoms with Crippen molar-refractivity contribution in [2.45, 2.75) is 0 Å². The van der Waals surface area contributed by atoms with Crippen LogP contribution in [-0.2, 0) is 4.74 Å². The van der Waals surface area contributed by atoms with E-state index in [1.165, 1.54) is 0 Å². The standard InChI is InChI=1S/C3H7NO2S/c4-3(5)6-1-2-7/h7H,1-2H2,(H2,4,5)/i2D. The van der Waals surface area contributed by atoms with Crippen molar-refractivity contribution < 1.29 is 10.9 Å². The number of hydrogen-bond donors (Lipinski definition) is 2. The van der Waals surface area contributed by atoms with Gasteiger partial charge in [-0.05, 0) is 0 Å². The average Bonchev–Trinajstić information content (AvgIpc) is 1.61. The van der Waals surface area contributed by atoms with Gasteiger partial charge in [0.05, 0.1) is 0 Å². The number of carbonyl (C=O) groups excluding carboxylic acids is 1. The van der Waals surface area contributed by atoms with Crippen molar-refractivity contribution in [2.24, 2.45) is 5.73 Å². The lowest BCUT2D eigenvalue weighted by atomic mass is 10.9. The van der Waals surface area contributed by atoms with Gasteiger partial charge in [-0.1, -0.05) is 0 Å². The van der Waals surface area contributed by atoms with E-state index in [1.54, 1.807) is 0 Å². The molecule has 1 amide bonds. The molecule has 0 aliphatic carbocycles. The first-order chi connectivity index (χ1) is 3.63. The van der Waals surface area contributed by atoms with E-state index in [9.17, 15) is 4.79 Å². The van der Waals surface area contributed by atoms with E-state index in [-0.39, 0.29) is 6.61 Å². The van der Waals surface area contributed by atoms with Gasteiger partial charge in [-0.25, -0.2) is 4.79 Å². The summed E-state index contributed by atoms with van der Waals surface area (Å²) in [5.74, 6) is 0. The molecule has 0 saturated carbocycles. The second kappa shape index (κ2) is 3.80. The van der Waals surface area contributed by atoms with Gasteiger partial charge < -0.3 is 10.5 Å². The molecular formula is C3H7NO2S. The highest BCUT2D eigenvalue weighted by atomic mass is 32.1. The molecule has 0 spiro atoms. The van der Waals surface area contributed by atoms with E-state index in [0.29, 0.717) is 0 Å². The Morgan fingerprint density at radius 2 is 2.71 bits per heavy atom. The summed E-state index contributed by atoms with van der Waals surface area (Å²) in [6, 6.07) is 0. The topological polar surface area (TPSA) is 52.3 Å². The SMILES string of the molecule is [2H]C(S)COC(N)=O. The van der Waals surface area contributed by atoms with Crippen molar-refractivity contribution in [1.82, 2.24) is 0 Å². The van der Waals surface area contributed by atoms with E-state index in [0.717, 1.165) is 0 Å². The Bertz CT molecular complexity index is 87.4. The lowest BCUT2D eigenvalue weighted by molar-refractivity contribution is 0.164. The fourth-order valence-corrected chi connectivity index (χ4v) is 0.194. The molecule has 0 aromatic heterocycles. The third kappa shape index (κ3) is 5.62. The molecule has 0 fully saturated rings. The molecule has 4 heteroatoms. The van der Waals surface area contributed by atoms with E-state index >= 15 is 0 Å². The number of amides is 1. The second-order valence-corrected chi connectivity index (χ2v) is 1.18. The predicted octanol–water partition coefficient (Wildman–Crippen LogP) is 0.0115. The maximum Gasteiger partial charge on any atom is 0.404 e. The number of rotatable bonds is 2. The molecule has 2 N–H and O–H groups in total. The van der Waals surface area contributed by atoms with Crippen molar-refractivity contribution in [3.8, 4) is 0 Å². The van der Waals surface area contributed by atoms with Crippen LogP contribution in [0.2, 0.25) is 0 Å².